The topological polar surface area (TPSA) is 30.9 Å². The first-order chi connectivity index (χ1) is 11.3. The van der Waals surface area contributed by atoms with Crippen LogP contribution in [0.2, 0.25) is 0 Å². The van der Waals surface area contributed by atoms with Gasteiger partial charge in [0.05, 0.1) is 17.3 Å². The van der Waals surface area contributed by atoms with E-state index in [4.69, 9.17) is 14.2 Å². The summed E-state index contributed by atoms with van der Waals surface area (Å²) in [5.74, 6) is 1.83. The summed E-state index contributed by atoms with van der Waals surface area (Å²) in [5, 5.41) is 0. The van der Waals surface area contributed by atoms with Crippen molar-refractivity contribution in [3.63, 3.8) is 0 Å². The predicted octanol–water partition coefficient (Wildman–Crippen LogP) is 3.63. The van der Waals surface area contributed by atoms with Crippen molar-refractivity contribution in [1.29, 1.82) is 0 Å². The van der Waals surface area contributed by atoms with Gasteiger partial charge in [0.1, 0.15) is 18.1 Å². The van der Waals surface area contributed by atoms with Gasteiger partial charge in [-0.25, -0.2) is 0 Å². The van der Waals surface area contributed by atoms with Crippen LogP contribution < -0.4 is 9.47 Å². The summed E-state index contributed by atoms with van der Waals surface area (Å²) in [6, 6.07) is 7.66. The van der Waals surface area contributed by atoms with Crippen LogP contribution in [0.15, 0.2) is 24.3 Å². The SMILES string of the molecule is FCC1CN(CCOc2ccc(OC3CCCCO3)cc2)C1I. The van der Waals surface area contributed by atoms with E-state index in [1.54, 1.807) is 0 Å². The minimum Gasteiger partial charge on any atom is -0.492 e. The van der Waals surface area contributed by atoms with Gasteiger partial charge in [-0.3, -0.25) is 9.29 Å². The quantitative estimate of drug-likeness (QED) is 0.372. The van der Waals surface area contributed by atoms with Gasteiger partial charge in [0.15, 0.2) is 6.29 Å². The fourth-order valence-corrected chi connectivity index (χ4v) is 3.76. The summed E-state index contributed by atoms with van der Waals surface area (Å²) in [5.41, 5.74) is 0. The maximum Gasteiger partial charge on any atom is 0.199 e. The van der Waals surface area contributed by atoms with Gasteiger partial charge in [0.25, 0.3) is 0 Å². The molecule has 128 valence electrons. The summed E-state index contributed by atoms with van der Waals surface area (Å²) in [7, 11) is 0. The van der Waals surface area contributed by atoms with Crippen LogP contribution in [0.3, 0.4) is 0 Å². The summed E-state index contributed by atoms with van der Waals surface area (Å²) in [6.07, 6.45) is 3.11. The van der Waals surface area contributed by atoms with E-state index in [1.807, 2.05) is 24.3 Å². The lowest BCUT2D eigenvalue weighted by molar-refractivity contribution is -0.105. The van der Waals surface area contributed by atoms with E-state index < -0.39 is 0 Å². The molecule has 2 saturated heterocycles. The van der Waals surface area contributed by atoms with Crippen LogP contribution in [-0.2, 0) is 4.74 Å². The van der Waals surface area contributed by atoms with Gasteiger partial charge < -0.3 is 14.2 Å². The average Bonchev–Trinajstić information content (AvgIpc) is 2.59. The Hall–Kier alpha value is -0.600. The number of nitrogens with zero attached hydrogens (tertiary/aromatic N) is 1. The van der Waals surface area contributed by atoms with Crippen molar-refractivity contribution in [1.82, 2.24) is 4.90 Å². The minimum atomic E-state index is -0.225. The number of hydrogen-bond acceptors (Lipinski definition) is 4. The van der Waals surface area contributed by atoms with E-state index in [0.717, 1.165) is 50.5 Å². The van der Waals surface area contributed by atoms with Gasteiger partial charge in [-0.15, -0.1) is 0 Å². The van der Waals surface area contributed by atoms with E-state index in [2.05, 4.69) is 27.5 Å². The van der Waals surface area contributed by atoms with Crippen molar-refractivity contribution >= 4 is 22.6 Å². The van der Waals surface area contributed by atoms with Crippen molar-refractivity contribution in [3.05, 3.63) is 24.3 Å². The number of rotatable bonds is 7. The Labute approximate surface area is 150 Å². The molecule has 0 saturated carbocycles. The third kappa shape index (κ3) is 4.70. The van der Waals surface area contributed by atoms with Gasteiger partial charge in [-0.2, -0.15) is 0 Å². The smallest absolute Gasteiger partial charge is 0.199 e. The molecule has 1 aromatic rings. The van der Waals surface area contributed by atoms with Crippen molar-refractivity contribution in [3.8, 4) is 11.5 Å². The maximum absolute atomic E-state index is 12.6. The molecule has 0 aromatic heterocycles. The Bertz CT molecular complexity index is 481. The van der Waals surface area contributed by atoms with E-state index in [9.17, 15) is 4.39 Å². The van der Waals surface area contributed by atoms with Gasteiger partial charge in [0, 0.05) is 25.4 Å². The van der Waals surface area contributed by atoms with Crippen LogP contribution >= 0.6 is 22.6 Å². The van der Waals surface area contributed by atoms with Crippen molar-refractivity contribution in [2.24, 2.45) is 5.92 Å². The van der Waals surface area contributed by atoms with Crippen LogP contribution in [0.5, 0.6) is 11.5 Å². The Morgan fingerprint density at radius 3 is 2.65 bits per heavy atom. The van der Waals surface area contributed by atoms with Crippen LogP contribution in [0.25, 0.3) is 0 Å². The second kappa shape index (κ2) is 8.48. The third-order valence-corrected chi connectivity index (χ3v) is 6.09. The van der Waals surface area contributed by atoms with Crippen LogP contribution in [-0.4, -0.2) is 48.2 Å². The second-order valence-corrected chi connectivity index (χ2v) is 7.29. The largest absolute Gasteiger partial charge is 0.492 e. The highest BCUT2D eigenvalue weighted by Crippen LogP contribution is 2.30. The molecule has 2 aliphatic heterocycles. The monoisotopic (exact) mass is 435 g/mol. The molecule has 2 heterocycles. The maximum atomic E-state index is 12.6. The van der Waals surface area contributed by atoms with E-state index in [1.165, 1.54) is 0 Å². The Kier molecular flexibility index (Phi) is 6.36. The summed E-state index contributed by atoms with van der Waals surface area (Å²) >= 11 is 2.30. The number of ether oxygens (including phenoxy) is 3. The first-order valence-electron chi connectivity index (χ1n) is 8.21. The summed E-state index contributed by atoms with van der Waals surface area (Å²) < 4.78 is 30.0. The highest BCUT2D eigenvalue weighted by Gasteiger charge is 2.36. The zero-order valence-corrected chi connectivity index (χ0v) is 15.3. The lowest BCUT2D eigenvalue weighted by atomic mass is 10.0. The first-order valence-corrected chi connectivity index (χ1v) is 9.46. The molecule has 3 unspecified atom stereocenters. The van der Waals surface area contributed by atoms with Crippen molar-refractivity contribution in [2.75, 3.05) is 33.0 Å². The molecule has 1 aromatic carbocycles. The number of hydrogen-bond donors (Lipinski definition) is 0. The molecule has 6 heteroatoms. The highest BCUT2D eigenvalue weighted by atomic mass is 127. The molecule has 0 N–H and O–H groups in total. The van der Waals surface area contributed by atoms with Gasteiger partial charge in [-0.05, 0) is 37.1 Å². The lowest BCUT2D eigenvalue weighted by Crippen LogP contribution is -2.54. The molecular formula is C17H23FINO3. The third-order valence-electron chi connectivity index (χ3n) is 4.28. The molecular weight excluding hydrogens is 412 g/mol. The number of halogens is 2. The standard InChI is InChI=1S/C17H23FINO3/c18-11-13-12-20(17(13)19)8-10-21-14-4-6-15(7-5-14)23-16-3-1-2-9-22-16/h4-7,13,16-17H,1-3,8-12H2. The molecule has 3 rings (SSSR count). The fourth-order valence-electron chi connectivity index (χ4n) is 2.84. The number of likely N-dealkylation sites (tertiary alicyclic amines) is 1. The summed E-state index contributed by atoms with van der Waals surface area (Å²) in [4.78, 5) is 2.24. The van der Waals surface area contributed by atoms with E-state index >= 15 is 0 Å². The normalized spacial score (nSPS) is 28.2. The van der Waals surface area contributed by atoms with Crippen LogP contribution in [0.4, 0.5) is 4.39 Å². The molecule has 0 aliphatic carbocycles. The lowest BCUT2D eigenvalue weighted by Gasteiger charge is -2.43. The Morgan fingerprint density at radius 2 is 2.00 bits per heavy atom. The van der Waals surface area contributed by atoms with Crippen molar-refractivity contribution in [2.45, 2.75) is 29.6 Å². The zero-order chi connectivity index (χ0) is 16.1. The Morgan fingerprint density at radius 1 is 1.22 bits per heavy atom. The average molecular weight is 435 g/mol. The van der Waals surface area contributed by atoms with Crippen molar-refractivity contribution < 1.29 is 18.6 Å². The zero-order valence-electron chi connectivity index (χ0n) is 13.1. The van der Waals surface area contributed by atoms with E-state index in [0.29, 0.717) is 10.7 Å². The molecule has 2 fully saturated rings. The predicted molar refractivity (Wildman–Crippen MR) is 95.0 cm³/mol. The fraction of sp³-hybridized carbons (Fsp3) is 0.647. The number of alkyl halides is 2. The highest BCUT2D eigenvalue weighted by molar-refractivity contribution is 14.1. The molecule has 3 atom stereocenters. The molecule has 2 aliphatic rings. The molecule has 0 spiro atoms. The second-order valence-electron chi connectivity index (χ2n) is 6.02. The van der Waals surface area contributed by atoms with Crippen LogP contribution in [0.1, 0.15) is 19.3 Å². The Balaban J connectivity index is 1.37. The summed E-state index contributed by atoms with van der Waals surface area (Å²) in [6.45, 7) is 2.84. The molecule has 0 bridgehead atoms. The minimum absolute atomic E-state index is 0.119. The first kappa shape index (κ1) is 17.2. The molecule has 0 radical (unpaired) electrons. The van der Waals surface area contributed by atoms with Gasteiger partial charge in [-0.1, -0.05) is 22.6 Å². The number of benzene rings is 1. The molecule has 0 amide bonds. The van der Waals surface area contributed by atoms with Crippen LogP contribution in [0, 0.1) is 5.92 Å². The molecule has 23 heavy (non-hydrogen) atoms. The van der Waals surface area contributed by atoms with Gasteiger partial charge >= 0.3 is 0 Å². The van der Waals surface area contributed by atoms with Gasteiger partial charge in [0.2, 0.25) is 0 Å². The van der Waals surface area contributed by atoms with E-state index in [-0.39, 0.29) is 18.9 Å². The molecule has 4 nitrogen and oxygen atoms in total.